The number of nitrogens with two attached hydrogens (primary N) is 1. The molecule has 5 nitrogen and oxygen atoms in total. The molecule has 0 heterocycles. The number of aliphatic carboxylic acids is 1. The van der Waals surface area contributed by atoms with Gasteiger partial charge in [-0.25, -0.2) is 4.79 Å². The molecule has 0 radical (unpaired) electrons. The molecule has 5 heteroatoms. The second kappa shape index (κ2) is 5.40. The number of carbonyl (C=O) groups is 2. The standard InChI is InChI=1S/C14H18N2O3/c1-16(13(17)12(15)14(18)19)8-9-5-6-10-3-2-4-11(10)7-9/h5-7,12H,2-4,8,15H2,1H3,(H,18,19). The Balaban J connectivity index is 2.05. The van der Waals surface area contributed by atoms with Crippen LogP contribution >= 0.6 is 0 Å². The lowest BCUT2D eigenvalue weighted by atomic mass is 10.1. The van der Waals surface area contributed by atoms with E-state index >= 15 is 0 Å². The topological polar surface area (TPSA) is 83.6 Å². The number of nitrogens with zero attached hydrogens (tertiary/aromatic N) is 1. The highest BCUT2D eigenvalue weighted by Crippen LogP contribution is 2.23. The van der Waals surface area contributed by atoms with Gasteiger partial charge >= 0.3 is 5.97 Å². The summed E-state index contributed by atoms with van der Waals surface area (Å²) in [6.45, 7) is 0.382. The Labute approximate surface area is 112 Å². The van der Waals surface area contributed by atoms with Crippen molar-refractivity contribution < 1.29 is 14.7 Å². The zero-order valence-corrected chi connectivity index (χ0v) is 10.9. The van der Waals surface area contributed by atoms with Gasteiger partial charge in [-0.2, -0.15) is 0 Å². The van der Waals surface area contributed by atoms with Crippen molar-refractivity contribution in [3.8, 4) is 0 Å². The molecule has 0 saturated carbocycles. The average molecular weight is 262 g/mol. The summed E-state index contributed by atoms with van der Waals surface area (Å²) in [5.74, 6) is -1.88. The van der Waals surface area contributed by atoms with Crippen LogP contribution in [0, 0.1) is 0 Å². The number of hydrogen-bond donors (Lipinski definition) is 2. The first-order valence-corrected chi connectivity index (χ1v) is 6.33. The van der Waals surface area contributed by atoms with E-state index in [9.17, 15) is 9.59 Å². The lowest BCUT2D eigenvalue weighted by molar-refractivity contribution is -0.146. The summed E-state index contributed by atoms with van der Waals surface area (Å²) >= 11 is 0. The van der Waals surface area contributed by atoms with Crippen molar-refractivity contribution in [3.05, 3.63) is 34.9 Å². The van der Waals surface area contributed by atoms with Crippen LogP contribution in [0.3, 0.4) is 0 Å². The number of likely N-dealkylation sites (N-methyl/N-ethyl adjacent to an activating group) is 1. The van der Waals surface area contributed by atoms with Crippen LogP contribution in [0.15, 0.2) is 18.2 Å². The normalized spacial score (nSPS) is 14.8. The minimum absolute atomic E-state index is 0.382. The van der Waals surface area contributed by atoms with E-state index in [-0.39, 0.29) is 0 Å². The highest BCUT2D eigenvalue weighted by Gasteiger charge is 2.24. The van der Waals surface area contributed by atoms with E-state index < -0.39 is 17.9 Å². The molecule has 102 valence electrons. The van der Waals surface area contributed by atoms with Crippen molar-refractivity contribution in [2.45, 2.75) is 31.8 Å². The van der Waals surface area contributed by atoms with Gasteiger partial charge in [0.25, 0.3) is 5.91 Å². The van der Waals surface area contributed by atoms with Gasteiger partial charge in [-0.3, -0.25) is 4.79 Å². The molecule has 2 rings (SSSR count). The van der Waals surface area contributed by atoms with E-state index in [1.165, 1.54) is 22.4 Å². The van der Waals surface area contributed by atoms with Crippen LogP contribution in [0.1, 0.15) is 23.1 Å². The lowest BCUT2D eigenvalue weighted by Crippen LogP contribution is -2.46. The minimum Gasteiger partial charge on any atom is -0.480 e. The molecule has 1 aromatic carbocycles. The van der Waals surface area contributed by atoms with Crippen molar-refractivity contribution in [1.29, 1.82) is 0 Å². The monoisotopic (exact) mass is 262 g/mol. The van der Waals surface area contributed by atoms with Gasteiger partial charge in [0, 0.05) is 13.6 Å². The first-order chi connectivity index (χ1) is 8.99. The number of amides is 1. The van der Waals surface area contributed by atoms with Crippen molar-refractivity contribution in [2.75, 3.05) is 7.05 Å². The molecule has 1 amide bonds. The lowest BCUT2D eigenvalue weighted by Gasteiger charge is -2.19. The Morgan fingerprint density at radius 3 is 2.74 bits per heavy atom. The van der Waals surface area contributed by atoms with Gasteiger partial charge in [0.1, 0.15) is 0 Å². The Bertz CT molecular complexity index is 513. The highest BCUT2D eigenvalue weighted by molar-refractivity contribution is 6.00. The van der Waals surface area contributed by atoms with E-state index in [0.29, 0.717) is 6.54 Å². The van der Waals surface area contributed by atoms with Gasteiger partial charge in [0.15, 0.2) is 6.04 Å². The molecular weight excluding hydrogens is 244 g/mol. The Kier molecular flexibility index (Phi) is 3.85. The molecule has 0 aliphatic heterocycles. The Morgan fingerprint density at radius 2 is 2.05 bits per heavy atom. The largest absolute Gasteiger partial charge is 0.480 e. The molecule has 0 saturated heterocycles. The van der Waals surface area contributed by atoms with Gasteiger partial charge in [0.2, 0.25) is 0 Å². The van der Waals surface area contributed by atoms with Crippen molar-refractivity contribution >= 4 is 11.9 Å². The van der Waals surface area contributed by atoms with Crippen LogP contribution in [-0.2, 0) is 29.0 Å². The highest BCUT2D eigenvalue weighted by atomic mass is 16.4. The van der Waals surface area contributed by atoms with E-state index in [1.54, 1.807) is 7.05 Å². The number of fused-ring (bicyclic) bond motifs is 1. The van der Waals surface area contributed by atoms with Gasteiger partial charge in [0.05, 0.1) is 0 Å². The van der Waals surface area contributed by atoms with Crippen LogP contribution in [0.5, 0.6) is 0 Å². The number of rotatable bonds is 4. The third-order valence-electron chi connectivity index (χ3n) is 3.49. The molecule has 0 aromatic heterocycles. The molecule has 1 aliphatic carbocycles. The molecule has 0 spiro atoms. The van der Waals surface area contributed by atoms with Crippen molar-refractivity contribution in [2.24, 2.45) is 5.73 Å². The molecule has 19 heavy (non-hydrogen) atoms. The number of carboxylic acids is 1. The van der Waals surface area contributed by atoms with Gasteiger partial charge in [-0.05, 0) is 36.0 Å². The molecule has 0 fully saturated rings. The smallest absolute Gasteiger partial charge is 0.330 e. The average Bonchev–Trinajstić information content (AvgIpc) is 2.84. The zero-order chi connectivity index (χ0) is 14.0. The van der Waals surface area contributed by atoms with Crippen LogP contribution in [0.4, 0.5) is 0 Å². The van der Waals surface area contributed by atoms with Crippen LogP contribution < -0.4 is 5.73 Å². The minimum atomic E-state index is -1.49. The first-order valence-electron chi connectivity index (χ1n) is 6.33. The van der Waals surface area contributed by atoms with E-state index in [0.717, 1.165) is 18.4 Å². The predicted molar refractivity (Wildman–Crippen MR) is 70.6 cm³/mol. The SMILES string of the molecule is CN(Cc1ccc2c(c1)CCC2)C(=O)C(N)C(=O)O. The summed E-state index contributed by atoms with van der Waals surface area (Å²) in [6, 6.07) is 4.69. The molecule has 0 bridgehead atoms. The number of carbonyl (C=O) groups excluding carboxylic acids is 1. The van der Waals surface area contributed by atoms with E-state index in [2.05, 4.69) is 12.1 Å². The summed E-state index contributed by atoms with van der Waals surface area (Å²) in [4.78, 5) is 23.8. The molecular formula is C14H18N2O3. The number of hydrogen-bond acceptors (Lipinski definition) is 3. The fourth-order valence-corrected chi connectivity index (χ4v) is 2.42. The van der Waals surface area contributed by atoms with Crippen molar-refractivity contribution in [3.63, 3.8) is 0 Å². The summed E-state index contributed by atoms with van der Waals surface area (Å²) in [7, 11) is 1.57. The molecule has 1 unspecified atom stereocenters. The van der Waals surface area contributed by atoms with E-state index in [4.69, 9.17) is 10.8 Å². The summed E-state index contributed by atoms with van der Waals surface area (Å²) < 4.78 is 0. The van der Waals surface area contributed by atoms with Crippen LogP contribution in [0.2, 0.25) is 0 Å². The molecule has 1 atom stereocenters. The maximum Gasteiger partial charge on any atom is 0.330 e. The fraction of sp³-hybridized carbons (Fsp3) is 0.429. The first kappa shape index (κ1) is 13.5. The molecule has 1 aromatic rings. The Hall–Kier alpha value is -1.88. The van der Waals surface area contributed by atoms with Gasteiger partial charge in [-0.15, -0.1) is 0 Å². The number of carboxylic acid groups (broad SMARTS) is 1. The number of benzene rings is 1. The third-order valence-corrected chi connectivity index (χ3v) is 3.49. The Morgan fingerprint density at radius 1 is 1.37 bits per heavy atom. The van der Waals surface area contributed by atoms with Gasteiger partial charge < -0.3 is 15.7 Å². The summed E-state index contributed by atoms with van der Waals surface area (Å²) in [5, 5.41) is 8.72. The summed E-state index contributed by atoms with van der Waals surface area (Å²) in [5.41, 5.74) is 9.03. The molecule has 3 N–H and O–H groups in total. The predicted octanol–water partition coefficient (Wildman–Crippen LogP) is 0.546. The van der Waals surface area contributed by atoms with Gasteiger partial charge in [-0.1, -0.05) is 18.2 Å². The summed E-state index contributed by atoms with van der Waals surface area (Å²) in [6.07, 6.45) is 3.38. The zero-order valence-electron chi connectivity index (χ0n) is 10.9. The molecule has 1 aliphatic rings. The maximum absolute atomic E-state index is 11.7. The second-order valence-electron chi connectivity index (χ2n) is 4.97. The van der Waals surface area contributed by atoms with Crippen LogP contribution in [0.25, 0.3) is 0 Å². The van der Waals surface area contributed by atoms with E-state index in [1.807, 2.05) is 6.07 Å². The third kappa shape index (κ3) is 2.93. The fourth-order valence-electron chi connectivity index (χ4n) is 2.42. The quantitative estimate of drug-likeness (QED) is 0.776. The maximum atomic E-state index is 11.7. The van der Waals surface area contributed by atoms with Crippen LogP contribution in [-0.4, -0.2) is 35.0 Å². The second-order valence-corrected chi connectivity index (χ2v) is 4.97. The van der Waals surface area contributed by atoms with Crippen molar-refractivity contribution in [1.82, 2.24) is 4.90 Å². The number of aryl methyl sites for hydroxylation is 2.